The van der Waals surface area contributed by atoms with E-state index in [9.17, 15) is 0 Å². The second kappa shape index (κ2) is 8.33. The molecule has 0 aliphatic carbocycles. The fourth-order valence-electron chi connectivity index (χ4n) is 3.61. The van der Waals surface area contributed by atoms with Crippen LogP contribution in [0.2, 0.25) is 0 Å². The van der Waals surface area contributed by atoms with E-state index in [4.69, 9.17) is 19.4 Å². The first-order valence-electron chi connectivity index (χ1n) is 9.43. The maximum absolute atomic E-state index is 5.68. The third kappa shape index (κ3) is 3.98. The largest absolute Gasteiger partial charge is 0.381 e. The fourth-order valence-corrected chi connectivity index (χ4v) is 4.57. The highest BCUT2D eigenvalue weighted by atomic mass is 32.1. The van der Waals surface area contributed by atoms with Gasteiger partial charge in [0.1, 0.15) is 17.3 Å². The maximum atomic E-state index is 5.68. The molecule has 3 heterocycles. The third-order valence-corrected chi connectivity index (χ3v) is 5.98. The minimum Gasteiger partial charge on any atom is -0.381 e. The molecule has 0 unspecified atom stereocenters. The van der Waals surface area contributed by atoms with Crippen LogP contribution in [0.3, 0.4) is 0 Å². The average molecular weight is 384 g/mol. The van der Waals surface area contributed by atoms with Crippen molar-refractivity contribution in [3.63, 3.8) is 0 Å². The summed E-state index contributed by atoms with van der Waals surface area (Å²) in [6.07, 6.45) is 2.31. The summed E-state index contributed by atoms with van der Waals surface area (Å²) in [6.45, 7) is 4.31. The Hall–Kier alpha value is -2.02. The highest BCUT2D eigenvalue weighted by molar-refractivity contribution is 7.17. The van der Waals surface area contributed by atoms with E-state index in [1.165, 1.54) is 17.5 Å². The van der Waals surface area contributed by atoms with Gasteiger partial charge in [-0.25, -0.2) is 9.97 Å². The normalized spacial score (nSPS) is 18.5. The Bertz CT molecular complexity index is 891. The lowest BCUT2D eigenvalue weighted by molar-refractivity contribution is 0.0496. The zero-order valence-electron chi connectivity index (χ0n) is 15.8. The predicted octanol–water partition coefficient (Wildman–Crippen LogP) is 4.73. The zero-order chi connectivity index (χ0) is 18.6. The molecule has 3 aromatic rings. The minimum absolute atomic E-state index is 0.280. The molecule has 0 saturated carbocycles. The molecule has 0 radical (unpaired) electrons. The smallest absolute Gasteiger partial charge is 0.158 e. The summed E-state index contributed by atoms with van der Waals surface area (Å²) in [5.74, 6) is 2.10. The van der Waals surface area contributed by atoms with Gasteiger partial charge in [-0.2, -0.15) is 0 Å². The summed E-state index contributed by atoms with van der Waals surface area (Å²) in [6, 6.07) is 10.7. The standard InChI is InChI=1S/C21H25N3O2S/c1-14(16-9-6-10-26-11-16)22-20-19-17(15-7-4-3-5-8-15)13-27-21(19)24-18(23-20)12-25-2/h3-5,7-8,13-14,16H,6,9-12H2,1-2H3,(H,22,23,24)/t14-,16+/m0/s1. The molecule has 2 atom stereocenters. The van der Waals surface area contributed by atoms with Crippen molar-refractivity contribution in [3.8, 4) is 11.1 Å². The Balaban J connectivity index is 1.74. The number of aromatic nitrogens is 2. The van der Waals surface area contributed by atoms with Crippen molar-refractivity contribution < 1.29 is 9.47 Å². The molecule has 1 fully saturated rings. The summed E-state index contributed by atoms with van der Waals surface area (Å²) in [5.41, 5.74) is 2.36. The molecule has 4 rings (SSSR count). The monoisotopic (exact) mass is 383 g/mol. The van der Waals surface area contributed by atoms with Crippen molar-refractivity contribution in [2.24, 2.45) is 5.92 Å². The first kappa shape index (κ1) is 18.3. The average Bonchev–Trinajstić information content (AvgIpc) is 3.14. The summed E-state index contributed by atoms with van der Waals surface area (Å²) in [4.78, 5) is 10.5. The fraction of sp³-hybridized carbons (Fsp3) is 0.429. The number of methoxy groups -OCH3 is 1. The van der Waals surface area contributed by atoms with Gasteiger partial charge in [0.15, 0.2) is 5.82 Å². The Morgan fingerprint density at radius 2 is 2.15 bits per heavy atom. The van der Waals surface area contributed by atoms with Crippen LogP contribution in [0, 0.1) is 5.92 Å². The van der Waals surface area contributed by atoms with E-state index in [-0.39, 0.29) is 6.04 Å². The number of ether oxygens (including phenoxy) is 2. The molecular weight excluding hydrogens is 358 g/mol. The highest BCUT2D eigenvalue weighted by Gasteiger charge is 2.23. The number of nitrogens with one attached hydrogen (secondary N) is 1. The molecular formula is C21H25N3O2S. The summed E-state index contributed by atoms with van der Waals surface area (Å²) < 4.78 is 11.0. The molecule has 1 aliphatic heterocycles. The number of benzene rings is 1. The Labute approximate surface area is 163 Å². The minimum atomic E-state index is 0.280. The van der Waals surface area contributed by atoms with Crippen molar-refractivity contribution in [2.45, 2.75) is 32.4 Å². The lowest BCUT2D eigenvalue weighted by Gasteiger charge is -2.29. The topological polar surface area (TPSA) is 56.3 Å². The van der Waals surface area contributed by atoms with Gasteiger partial charge >= 0.3 is 0 Å². The molecule has 142 valence electrons. The number of hydrogen-bond donors (Lipinski definition) is 1. The van der Waals surface area contributed by atoms with Crippen LogP contribution in [0.4, 0.5) is 5.82 Å². The molecule has 0 bridgehead atoms. The molecule has 2 aromatic heterocycles. The Morgan fingerprint density at radius 1 is 1.30 bits per heavy atom. The predicted molar refractivity (Wildman–Crippen MR) is 110 cm³/mol. The van der Waals surface area contributed by atoms with Crippen molar-refractivity contribution in [1.29, 1.82) is 0 Å². The number of thiophene rings is 1. The van der Waals surface area contributed by atoms with Gasteiger partial charge in [0.2, 0.25) is 0 Å². The van der Waals surface area contributed by atoms with Gasteiger partial charge in [0, 0.05) is 36.6 Å². The summed E-state index contributed by atoms with van der Waals surface area (Å²) >= 11 is 1.65. The van der Waals surface area contributed by atoms with Crippen LogP contribution in [0.1, 0.15) is 25.6 Å². The van der Waals surface area contributed by atoms with E-state index in [0.717, 1.165) is 35.7 Å². The third-order valence-electron chi connectivity index (χ3n) is 5.11. The summed E-state index contributed by atoms with van der Waals surface area (Å²) in [7, 11) is 1.67. The number of hydrogen-bond acceptors (Lipinski definition) is 6. The van der Waals surface area contributed by atoms with Gasteiger partial charge in [0.05, 0.1) is 12.0 Å². The first-order chi connectivity index (χ1) is 13.3. The van der Waals surface area contributed by atoms with Crippen molar-refractivity contribution in [2.75, 3.05) is 25.6 Å². The van der Waals surface area contributed by atoms with Crippen LogP contribution in [-0.2, 0) is 16.1 Å². The lowest BCUT2D eigenvalue weighted by Crippen LogP contribution is -2.33. The van der Waals surface area contributed by atoms with Gasteiger partial charge < -0.3 is 14.8 Å². The molecule has 27 heavy (non-hydrogen) atoms. The molecule has 1 N–H and O–H groups in total. The number of anilines is 1. The number of fused-ring (bicyclic) bond motifs is 1. The first-order valence-corrected chi connectivity index (χ1v) is 10.3. The Kier molecular flexibility index (Phi) is 5.66. The quantitative estimate of drug-likeness (QED) is 0.667. The van der Waals surface area contributed by atoms with Crippen LogP contribution in [0.5, 0.6) is 0 Å². The SMILES string of the molecule is COCc1nc(N[C@@H](C)[C@@H]2CCCOC2)c2c(-c3ccccc3)csc2n1. The molecule has 1 aromatic carbocycles. The molecule has 6 heteroatoms. The van der Waals surface area contributed by atoms with Gasteiger partial charge in [-0.3, -0.25) is 0 Å². The van der Waals surface area contributed by atoms with Crippen LogP contribution >= 0.6 is 11.3 Å². The van der Waals surface area contributed by atoms with Crippen molar-refractivity contribution >= 4 is 27.4 Å². The van der Waals surface area contributed by atoms with E-state index in [2.05, 4.69) is 41.9 Å². The molecule has 0 spiro atoms. The highest BCUT2D eigenvalue weighted by Crippen LogP contribution is 2.37. The second-order valence-electron chi connectivity index (χ2n) is 7.03. The van der Waals surface area contributed by atoms with Gasteiger partial charge in [0.25, 0.3) is 0 Å². The molecule has 0 amide bonds. The lowest BCUT2D eigenvalue weighted by atomic mass is 9.95. The van der Waals surface area contributed by atoms with Crippen LogP contribution in [0.15, 0.2) is 35.7 Å². The van der Waals surface area contributed by atoms with E-state index in [1.54, 1.807) is 18.4 Å². The molecule has 1 aliphatic rings. The van der Waals surface area contributed by atoms with E-state index in [0.29, 0.717) is 18.3 Å². The van der Waals surface area contributed by atoms with Gasteiger partial charge in [-0.1, -0.05) is 30.3 Å². The number of rotatable bonds is 6. The molecule has 5 nitrogen and oxygen atoms in total. The van der Waals surface area contributed by atoms with Crippen molar-refractivity contribution in [1.82, 2.24) is 9.97 Å². The van der Waals surface area contributed by atoms with E-state index < -0.39 is 0 Å². The second-order valence-corrected chi connectivity index (χ2v) is 7.89. The van der Waals surface area contributed by atoms with Crippen LogP contribution in [0.25, 0.3) is 21.3 Å². The van der Waals surface area contributed by atoms with Gasteiger partial charge in [-0.05, 0) is 25.3 Å². The Morgan fingerprint density at radius 3 is 2.89 bits per heavy atom. The van der Waals surface area contributed by atoms with Crippen LogP contribution in [-0.4, -0.2) is 36.3 Å². The van der Waals surface area contributed by atoms with Crippen molar-refractivity contribution in [3.05, 3.63) is 41.5 Å². The molecule has 1 saturated heterocycles. The van der Waals surface area contributed by atoms with E-state index in [1.807, 2.05) is 6.07 Å². The van der Waals surface area contributed by atoms with Crippen LogP contribution < -0.4 is 5.32 Å². The zero-order valence-corrected chi connectivity index (χ0v) is 16.6. The number of nitrogens with zero attached hydrogens (tertiary/aromatic N) is 2. The summed E-state index contributed by atoms with van der Waals surface area (Å²) in [5, 5.41) is 6.93. The van der Waals surface area contributed by atoms with Gasteiger partial charge in [-0.15, -0.1) is 11.3 Å². The maximum Gasteiger partial charge on any atom is 0.158 e. The van der Waals surface area contributed by atoms with E-state index >= 15 is 0 Å².